The van der Waals surface area contributed by atoms with Crippen molar-refractivity contribution in [3.8, 4) is 0 Å². The number of hydrogen-bond donors (Lipinski definition) is 4. The topological polar surface area (TPSA) is 155 Å². The van der Waals surface area contributed by atoms with Gasteiger partial charge in [0.05, 0.1) is 17.1 Å². The lowest BCUT2D eigenvalue weighted by Crippen LogP contribution is -2.42. The molecular formula is C30H27ClF2N6O5. The molecule has 4 N–H and O–H groups in total. The SMILES string of the molecule is O=C(O)c1ccc(CNC(=O)c2cc(C(=O)NCc3ccc(F)c(F)c3)nc3c(C(=O)NC4CCCCC4Cl)cnn23)cc1. The van der Waals surface area contributed by atoms with E-state index in [1.807, 2.05) is 0 Å². The predicted molar refractivity (Wildman–Crippen MR) is 154 cm³/mol. The molecule has 3 amide bonds. The molecule has 0 spiro atoms. The second-order valence-electron chi connectivity index (χ2n) is 10.3. The van der Waals surface area contributed by atoms with Crippen LogP contribution in [-0.4, -0.2) is 54.8 Å². The van der Waals surface area contributed by atoms with E-state index in [9.17, 15) is 28.0 Å². The van der Waals surface area contributed by atoms with Crippen LogP contribution in [0.1, 0.15) is 78.5 Å². The van der Waals surface area contributed by atoms with Crippen molar-refractivity contribution < 1.29 is 33.1 Å². The first-order valence-corrected chi connectivity index (χ1v) is 14.2. The summed E-state index contributed by atoms with van der Waals surface area (Å²) in [5.41, 5.74) is 0.625. The normalized spacial score (nSPS) is 16.3. The standard InChI is InChI=1S/C30H27ClF2N6O5/c31-20-3-1-2-4-23(20)38-27(40)19-15-36-39-25(29(42)35-13-16-5-8-18(9-6-16)30(43)44)12-24(37-26(19)39)28(41)34-14-17-7-10-21(32)22(33)11-17/h5-12,15,20,23H,1-4,13-14H2,(H,34,41)(H,35,42)(H,38,40)(H,43,44). The summed E-state index contributed by atoms with van der Waals surface area (Å²) in [4.78, 5) is 55.2. The lowest BCUT2D eigenvalue weighted by Gasteiger charge is -2.27. The highest BCUT2D eigenvalue weighted by atomic mass is 35.5. The van der Waals surface area contributed by atoms with E-state index in [0.29, 0.717) is 12.0 Å². The van der Waals surface area contributed by atoms with E-state index < -0.39 is 35.3 Å². The number of aromatic nitrogens is 3. The van der Waals surface area contributed by atoms with Gasteiger partial charge in [0, 0.05) is 25.2 Å². The predicted octanol–water partition coefficient (Wildman–Crippen LogP) is 3.85. The minimum Gasteiger partial charge on any atom is -0.478 e. The number of carbonyl (C=O) groups is 4. The molecule has 2 heterocycles. The summed E-state index contributed by atoms with van der Waals surface area (Å²) in [5, 5.41) is 21.2. The van der Waals surface area contributed by atoms with Crippen molar-refractivity contribution in [2.75, 3.05) is 0 Å². The van der Waals surface area contributed by atoms with E-state index in [2.05, 4.69) is 26.0 Å². The van der Waals surface area contributed by atoms with Gasteiger partial charge in [0.1, 0.15) is 17.0 Å². The molecule has 11 nitrogen and oxygen atoms in total. The van der Waals surface area contributed by atoms with Gasteiger partial charge in [0.15, 0.2) is 17.3 Å². The summed E-state index contributed by atoms with van der Waals surface area (Å²) in [7, 11) is 0. The Balaban J connectivity index is 1.43. The average Bonchev–Trinajstić information content (AvgIpc) is 3.45. The molecule has 1 fully saturated rings. The highest BCUT2D eigenvalue weighted by Gasteiger charge is 2.28. The average molecular weight is 625 g/mol. The number of carboxylic acids is 1. The van der Waals surface area contributed by atoms with E-state index in [4.69, 9.17) is 16.7 Å². The van der Waals surface area contributed by atoms with Crippen LogP contribution in [0.25, 0.3) is 5.65 Å². The monoisotopic (exact) mass is 624 g/mol. The van der Waals surface area contributed by atoms with Crippen molar-refractivity contribution in [2.45, 2.75) is 50.2 Å². The van der Waals surface area contributed by atoms with Crippen molar-refractivity contribution in [1.82, 2.24) is 30.5 Å². The molecule has 0 radical (unpaired) electrons. The molecular weight excluding hydrogens is 598 g/mol. The third kappa shape index (κ3) is 6.83. The molecule has 0 saturated heterocycles. The Morgan fingerprint density at radius 1 is 0.886 bits per heavy atom. The van der Waals surface area contributed by atoms with Crippen LogP contribution in [0.5, 0.6) is 0 Å². The van der Waals surface area contributed by atoms with Crippen LogP contribution in [0.2, 0.25) is 0 Å². The van der Waals surface area contributed by atoms with Gasteiger partial charge in [0.25, 0.3) is 17.7 Å². The summed E-state index contributed by atoms with van der Waals surface area (Å²) in [6, 6.07) is 10.0. The molecule has 2 aromatic carbocycles. The van der Waals surface area contributed by atoms with Crippen LogP contribution in [0.4, 0.5) is 8.78 Å². The number of alkyl halides is 1. The molecule has 0 aliphatic heterocycles. The molecule has 1 aliphatic carbocycles. The van der Waals surface area contributed by atoms with Gasteiger partial charge in [-0.2, -0.15) is 5.10 Å². The van der Waals surface area contributed by atoms with Crippen LogP contribution in [0.3, 0.4) is 0 Å². The molecule has 2 aromatic heterocycles. The van der Waals surface area contributed by atoms with E-state index in [1.165, 1.54) is 30.5 Å². The van der Waals surface area contributed by atoms with Crippen LogP contribution in [-0.2, 0) is 13.1 Å². The molecule has 228 valence electrons. The fourth-order valence-electron chi connectivity index (χ4n) is 4.86. The number of carbonyl (C=O) groups excluding carboxylic acids is 3. The number of halogens is 3. The van der Waals surface area contributed by atoms with Crippen molar-refractivity contribution in [3.05, 3.63) is 100 Å². The maximum absolute atomic E-state index is 13.6. The Morgan fingerprint density at radius 2 is 1.57 bits per heavy atom. The number of amides is 3. The Hall–Kier alpha value is -4.91. The minimum atomic E-state index is -1.08. The van der Waals surface area contributed by atoms with E-state index in [1.54, 1.807) is 12.1 Å². The van der Waals surface area contributed by atoms with Gasteiger partial charge in [-0.1, -0.05) is 31.0 Å². The van der Waals surface area contributed by atoms with E-state index >= 15 is 0 Å². The van der Waals surface area contributed by atoms with E-state index in [-0.39, 0.29) is 58.2 Å². The van der Waals surface area contributed by atoms with Crippen molar-refractivity contribution >= 4 is 40.9 Å². The van der Waals surface area contributed by atoms with Gasteiger partial charge in [-0.3, -0.25) is 14.4 Å². The summed E-state index contributed by atoms with van der Waals surface area (Å²) in [5.74, 6) is -5.09. The number of nitrogens with zero attached hydrogens (tertiary/aromatic N) is 3. The molecule has 14 heteroatoms. The highest BCUT2D eigenvalue weighted by Crippen LogP contribution is 2.24. The van der Waals surface area contributed by atoms with Gasteiger partial charge in [0.2, 0.25) is 0 Å². The summed E-state index contributed by atoms with van der Waals surface area (Å²) in [6.45, 7) is -0.143. The van der Waals surface area contributed by atoms with Crippen LogP contribution < -0.4 is 16.0 Å². The third-order valence-corrected chi connectivity index (χ3v) is 7.79. The molecule has 0 bridgehead atoms. The van der Waals surface area contributed by atoms with Crippen LogP contribution >= 0.6 is 11.6 Å². The van der Waals surface area contributed by atoms with Gasteiger partial charge >= 0.3 is 5.97 Å². The van der Waals surface area contributed by atoms with Gasteiger partial charge in [-0.15, -0.1) is 11.6 Å². The summed E-state index contributed by atoms with van der Waals surface area (Å²) in [6.07, 6.45) is 4.57. The molecule has 4 aromatic rings. The molecule has 44 heavy (non-hydrogen) atoms. The summed E-state index contributed by atoms with van der Waals surface area (Å²) < 4.78 is 28.1. The number of fused-ring (bicyclic) bond motifs is 1. The highest BCUT2D eigenvalue weighted by molar-refractivity contribution is 6.21. The lowest BCUT2D eigenvalue weighted by molar-refractivity contribution is 0.0695. The molecule has 2 atom stereocenters. The Labute approximate surface area is 254 Å². The van der Waals surface area contributed by atoms with Crippen LogP contribution in [0, 0.1) is 11.6 Å². The number of aromatic carboxylic acids is 1. The Kier molecular flexibility index (Phi) is 9.14. The van der Waals surface area contributed by atoms with Crippen molar-refractivity contribution in [1.29, 1.82) is 0 Å². The lowest BCUT2D eigenvalue weighted by atomic mass is 9.95. The van der Waals surface area contributed by atoms with Gasteiger partial charge in [-0.05, 0) is 48.2 Å². The first kappa shape index (κ1) is 30.5. The zero-order chi connectivity index (χ0) is 31.4. The zero-order valence-electron chi connectivity index (χ0n) is 23.1. The second-order valence-corrected chi connectivity index (χ2v) is 10.9. The molecule has 1 saturated carbocycles. The Bertz CT molecular complexity index is 1750. The van der Waals surface area contributed by atoms with Gasteiger partial charge in [-0.25, -0.2) is 23.1 Å². The first-order valence-electron chi connectivity index (χ1n) is 13.8. The van der Waals surface area contributed by atoms with Crippen molar-refractivity contribution in [2.24, 2.45) is 0 Å². The van der Waals surface area contributed by atoms with Crippen molar-refractivity contribution in [3.63, 3.8) is 0 Å². The second kappa shape index (κ2) is 13.2. The fraction of sp³-hybridized carbons (Fsp3) is 0.267. The smallest absolute Gasteiger partial charge is 0.335 e. The molecule has 5 rings (SSSR count). The number of hydrogen-bond acceptors (Lipinski definition) is 6. The zero-order valence-corrected chi connectivity index (χ0v) is 23.9. The van der Waals surface area contributed by atoms with Crippen LogP contribution in [0.15, 0.2) is 54.7 Å². The maximum atomic E-state index is 13.6. The maximum Gasteiger partial charge on any atom is 0.335 e. The number of carboxylic acid groups (broad SMARTS) is 1. The minimum absolute atomic E-state index is 0.0213. The Morgan fingerprint density at radius 3 is 2.27 bits per heavy atom. The molecule has 2 unspecified atom stereocenters. The quantitative estimate of drug-likeness (QED) is 0.206. The number of nitrogens with one attached hydrogen (secondary N) is 3. The number of rotatable bonds is 9. The molecule has 1 aliphatic rings. The largest absolute Gasteiger partial charge is 0.478 e. The fourth-order valence-corrected chi connectivity index (χ4v) is 5.20. The first-order chi connectivity index (χ1) is 21.1. The third-order valence-electron chi connectivity index (χ3n) is 7.27. The number of benzene rings is 2. The summed E-state index contributed by atoms with van der Waals surface area (Å²) >= 11 is 6.42. The van der Waals surface area contributed by atoms with Gasteiger partial charge < -0.3 is 21.1 Å². The van der Waals surface area contributed by atoms with E-state index in [0.717, 1.165) is 35.9 Å².